The number of nitrogens with zero attached hydrogens (tertiary/aromatic N) is 1. The summed E-state index contributed by atoms with van der Waals surface area (Å²) in [7, 11) is 0. The van der Waals surface area contributed by atoms with Crippen LogP contribution in [0, 0.1) is 0 Å². The van der Waals surface area contributed by atoms with Crippen molar-refractivity contribution in [1.29, 1.82) is 0 Å². The molecule has 0 saturated heterocycles. The average molecular weight is 800 g/mol. The van der Waals surface area contributed by atoms with Crippen molar-refractivity contribution < 1.29 is 0 Å². The molecule has 0 amide bonds. The Morgan fingerprint density at radius 3 is 1.25 bits per heavy atom. The van der Waals surface area contributed by atoms with Gasteiger partial charge in [-0.3, -0.25) is 0 Å². The number of rotatable bonds is 7. The van der Waals surface area contributed by atoms with Crippen LogP contribution in [0.4, 0.5) is 17.1 Å². The Balaban J connectivity index is 1.19. The molecule has 0 aliphatic carbocycles. The Morgan fingerprint density at radius 2 is 0.651 bits per heavy atom. The van der Waals surface area contributed by atoms with Gasteiger partial charge in [0.05, 0.1) is 0 Å². The highest BCUT2D eigenvalue weighted by atomic mass is 15.1. The predicted octanol–water partition coefficient (Wildman–Crippen LogP) is 17.6. The van der Waals surface area contributed by atoms with Gasteiger partial charge in [0.2, 0.25) is 0 Å². The van der Waals surface area contributed by atoms with Crippen molar-refractivity contribution in [2.24, 2.45) is 0 Å². The molecule has 0 atom stereocenters. The van der Waals surface area contributed by atoms with Crippen LogP contribution in [0.1, 0.15) is 0 Å². The highest BCUT2D eigenvalue weighted by molar-refractivity contribution is 6.33. The standard InChI is InChI=1S/C62H41N/c1-4-16-42(17-5-1)45-28-30-48(31-29-45)60-57(46-20-6-2-7-21-46)41-58(47-22-8-3-9-23-47)61-55-27-15-14-26-54(55)59-40-53(36-37-56(59)62(60)61)63(51-34-32-43-18-10-12-24-49(43)38-51)52-35-33-44-19-11-13-25-50(44)39-52/h1-41H. The second-order valence-corrected chi connectivity index (χ2v) is 16.4. The van der Waals surface area contributed by atoms with Crippen LogP contribution in [-0.2, 0) is 0 Å². The van der Waals surface area contributed by atoms with Gasteiger partial charge in [0.25, 0.3) is 0 Å². The van der Waals surface area contributed by atoms with Crippen LogP contribution in [0.25, 0.3) is 98.4 Å². The molecule has 0 N–H and O–H groups in total. The second-order valence-electron chi connectivity index (χ2n) is 16.4. The largest absolute Gasteiger partial charge is 0.310 e. The van der Waals surface area contributed by atoms with Gasteiger partial charge < -0.3 is 4.90 Å². The molecular formula is C62H41N. The van der Waals surface area contributed by atoms with Crippen molar-refractivity contribution in [3.8, 4) is 44.5 Å². The molecular weight excluding hydrogens is 759 g/mol. The predicted molar refractivity (Wildman–Crippen MR) is 270 cm³/mol. The normalized spacial score (nSPS) is 11.5. The first-order chi connectivity index (χ1) is 31.2. The molecule has 12 rings (SSSR count). The fourth-order valence-corrected chi connectivity index (χ4v) is 9.81. The van der Waals surface area contributed by atoms with Gasteiger partial charge in [0, 0.05) is 17.1 Å². The number of hydrogen-bond acceptors (Lipinski definition) is 1. The Bertz CT molecular complexity index is 3570. The molecule has 0 spiro atoms. The minimum atomic E-state index is 1.11. The van der Waals surface area contributed by atoms with E-state index in [4.69, 9.17) is 0 Å². The Labute approximate surface area is 367 Å². The van der Waals surface area contributed by atoms with Gasteiger partial charge in [0.15, 0.2) is 0 Å². The van der Waals surface area contributed by atoms with Crippen LogP contribution in [0.5, 0.6) is 0 Å². The molecule has 1 heteroatoms. The van der Waals surface area contributed by atoms with Crippen LogP contribution in [0.15, 0.2) is 249 Å². The van der Waals surface area contributed by atoms with E-state index in [1.165, 1.54) is 98.4 Å². The van der Waals surface area contributed by atoms with Crippen LogP contribution in [0.3, 0.4) is 0 Å². The van der Waals surface area contributed by atoms with Gasteiger partial charge in [-0.25, -0.2) is 0 Å². The summed E-state index contributed by atoms with van der Waals surface area (Å²) >= 11 is 0. The molecule has 0 aliphatic rings. The van der Waals surface area contributed by atoms with E-state index < -0.39 is 0 Å². The zero-order chi connectivity index (χ0) is 41.7. The molecule has 0 radical (unpaired) electrons. The lowest BCUT2D eigenvalue weighted by molar-refractivity contribution is 1.30. The van der Waals surface area contributed by atoms with Crippen molar-refractivity contribution in [3.05, 3.63) is 249 Å². The smallest absolute Gasteiger partial charge is 0.0468 e. The fourth-order valence-electron chi connectivity index (χ4n) is 9.81. The molecule has 0 fully saturated rings. The number of hydrogen-bond donors (Lipinski definition) is 0. The zero-order valence-corrected chi connectivity index (χ0v) is 34.6. The van der Waals surface area contributed by atoms with Crippen molar-refractivity contribution in [2.75, 3.05) is 4.90 Å². The van der Waals surface area contributed by atoms with Crippen molar-refractivity contribution in [2.45, 2.75) is 0 Å². The molecule has 0 saturated carbocycles. The molecule has 63 heavy (non-hydrogen) atoms. The van der Waals surface area contributed by atoms with Gasteiger partial charge in [-0.2, -0.15) is 0 Å². The molecule has 12 aromatic rings. The summed E-state index contributed by atoms with van der Waals surface area (Å²) in [6.45, 7) is 0. The number of fused-ring (bicyclic) bond motifs is 8. The maximum absolute atomic E-state index is 2.45. The molecule has 1 nitrogen and oxygen atoms in total. The van der Waals surface area contributed by atoms with Crippen LogP contribution in [-0.4, -0.2) is 0 Å². The summed E-state index contributed by atoms with van der Waals surface area (Å²) < 4.78 is 0. The van der Waals surface area contributed by atoms with E-state index in [2.05, 4.69) is 254 Å². The van der Waals surface area contributed by atoms with E-state index in [0.29, 0.717) is 0 Å². The summed E-state index contributed by atoms with van der Waals surface area (Å²) in [6.07, 6.45) is 0. The monoisotopic (exact) mass is 799 g/mol. The molecule has 0 heterocycles. The molecule has 0 aliphatic heterocycles. The maximum atomic E-state index is 2.45. The van der Waals surface area contributed by atoms with E-state index in [9.17, 15) is 0 Å². The highest BCUT2D eigenvalue weighted by Gasteiger charge is 2.23. The van der Waals surface area contributed by atoms with E-state index >= 15 is 0 Å². The van der Waals surface area contributed by atoms with Crippen LogP contribution in [0.2, 0.25) is 0 Å². The fraction of sp³-hybridized carbons (Fsp3) is 0. The summed E-state index contributed by atoms with van der Waals surface area (Å²) in [5.74, 6) is 0. The van der Waals surface area contributed by atoms with Crippen molar-refractivity contribution >= 4 is 70.9 Å². The van der Waals surface area contributed by atoms with E-state index in [1.54, 1.807) is 0 Å². The highest BCUT2D eigenvalue weighted by Crippen LogP contribution is 2.50. The van der Waals surface area contributed by atoms with Crippen LogP contribution < -0.4 is 4.90 Å². The van der Waals surface area contributed by atoms with Gasteiger partial charge in [-0.05, 0) is 141 Å². The molecule has 0 unspecified atom stereocenters. The third-order valence-electron chi connectivity index (χ3n) is 12.8. The third-order valence-corrected chi connectivity index (χ3v) is 12.8. The van der Waals surface area contributed by atoms with Gasteiger partial charge in [-0.15, -0.1) is 0 Å². The SMILES string of the molecule is c1ccc(-c2ccc(-c3c(-c4ccccc4)cc(-c4ccccc4)c4c5ccccc5c5cc(N(c6ccc7ccccc7c6)c6ccc7ccccc7c6)ccc5c34)cc2)cc1. The maximum Gasteiger partial charge on any atom is 0.0468 e. The summed E-state index contributed by atoms with van der Waals surface area (Å²) in [4.78, 5) is 2.43. The lowest BCUT2D eigenvalue weighted by Crippen LogP contribution is -2.10. The van der Waals surface area contributed by atoms with Crippen molar-refractivity contribution in [3.63, 3.8) is 0 Å². The van der Waals surface area contributed by atoms with Gasteiger partial charge in [-0.1, -0.05) is 206 Å². The quantitative estimate of drug-likeness (QED) is 0.145. The third kappa shape index (κ3) is 6.42. The lowest BCUT2D eigenvalue weighted by Gasteiger charge is -2.27. The summed E-state index contributed by atoms with van der Waals surface area (Å²) in [5, 5.41) is 12.3. The summed E-state index contributed by atoms with van der Waals surface area (Å²) in [5.41, 5.74) is 13.0. The summed E-state index contributed by atoms with van der Waals surface area (Å²) in [6, 6.07) is 91.3. The molecule has 0 bridgehead atoms. The van der Waals surface area contributed by atoms with Gasteiger partial charge in [0.1, 0.15) is 0 Å². The number of anilines is 3. The Kier molecular flexibility index (Phi) is 8.90. The average Bonchev–Trinajstić information content (AvgIpc) is 3.36. The first kappa shape index (κ1) is 36.6. The minimum absolute atomic E-state index is 1.11. The van der Waals surface area contributed by atoms with E-state index in [-0.39, 0.29) is 0 Å². The van der Waals surface area contributed by atoms with E-state index in [1.807, 2.05) is 0 Å². The Morgan fingerprint density at radius 1 is 0.222 bits per heavy atom. The zero-order valence-electron chi connectivity index (χ0n) is 34.6. The molecule has 294 valence electrons. The topological polar surface area (TPSA) is 3.24 Å². The first-order valence-corrected chi connectivity index (χ1v) is 21.7. The first-order valence-electron chi connectivity index (χ1n) is 21.7. The Hall–Kier alpha value is -8.26. The van der Waals surface area contributed by atoms with Gasteiger partial charge >= 0.3 is 0 Å². The van der Waals surface area contributed by atoms with Crippen LogP contribution >= 0.6 is 0 Å². The second kappa shape index (κ2) is 15.3. The molecule has 0 aromatic heterocycles. The number of benzene rings is 12. The minimum Gasteiger partial charge on any atom is -0.310 e. The molecule has 12 aromatic carbocycles. The van der Waals surface area contributed by atoms with Crippen molar-refractivity contribution in [1.82, 2.24) is 0 Å². The lowest BCUT2D eigenvalue weighted by atomic mass is 9.81. The van der Waals surface area contributed by atoms with E-state index in [0.717, 1.165) is 17.1 Å².